The van der Waals surface area contributed by atoms with E-state index in [4.69, 9.17) is 4.74 Å². The van der Waals surface area contributed by atoms with Crippen molar-refractivity contribution in [2.24, 2.45) is 0 Å². The fourth-order valence-corrected chi connectivity index (χ4v) is 3.26. The molecule has 0 aliphatic heterocycles. The Bertz CT molecular complexity index is 602. The van der Waals surface area contributed by atoms with Gasteiger partial charge in [-0.2, -0.15) is 13.2 Å². The molecule has 0 saturated carbocycles. The van der Waals surface area contributed by atoms with Crippen molar-refractivity contribution in [1.82, 2.24) is 4.98 Å². The van der Waals surface area contributed by atoms with E-state index in [-0.39, 0.29) is 0 Å². The minimum atomic E-state index is -4.18. The average molecular weight is 348 g/mol. The first kappa shape index (κ1) is 17.1. The van der Waals surface area contributed by atoms with Gasteiger partial charge in [0.15, 0.2) is 0 Å². The molecule has 22 heavy (non-hydrogen) atoms. The SMILES string of the molecule is COCc1nc(CNc2ccccc2SCC(F)(F)F)cs1. The Balaban J connectivity index is 1.96. The van der Waals surface area contributed by atoms with Crippen LogP contribution in [0.25, 0.3) is 0 Å². The van der Waals surface area contributed by atoms with Crippen molar-refractivity contribution < 1.29 is 17.9 Å². The first-order valence-corrected chi connectivity index (χ1v) is 8.29. The van der Waals surface area contributed by atoms with Gasteiger partial charge in [0.25, 0.3) is 0 Å². The fraction of sp³-hybridized carbons (Fsp3) is 0.357. The lowest BCUT2D eigenvalue weighted by atomic mass is 10.3. The van der Waals surface area contributed by atoms with Crippen LogP contribution in [-0.4, -0.2) is 24.0 Å². The third kappa shape index (κ3) is 5.51. The Labute approximate surface area is 134 Å². The second kappa shape index (κ2) is 7.85. The summed E-state index contributed by atoms with van der Waals surface area (Å²) < 4.78 is 42.0. The highest BCUT2D eigenvalue weighted by atomic mass is 32.2. The lowest BCUT2D eigenvalue weighted by Crippen LogP contribution is -2.11. The van der Waals surface area contributed by atoms with Crippen LogP contribution < -0.4 is 5.32 Å². The summed E-state index contributed by atoms with van der Waals surface area (Å²) in [6.45, 7) is 0.923. The molecular formula is C14H15F3N2OS2. The van der Waals surface area contributed by atoms with Crippen LogP contribution in [0.3, 0.4) is 0 Å². The van der Waals surface area contributed by atoms with Gasteiger partial charge in [-0.1, -0.05) is 12.1 Å². The van der Waals surface area contributed by atoms with Crippen LogP contribution in [0.4, 0.5) is 18.9 Å². The van der Waals surface area contributed by atoms with E-state index in [2.05, 4.69) is 10.3 Å². The summed E-state index contributed by atoms with van der Waals surface area (Å²) in [5.41, 5.74) is 1.52. The summed E-state index contributed by atoms with van der Waals surface area (Å²) in [5, 5.41) is 5.92. The molecule has 0 unspecified atom stereocenters. The quantitative estimate of drug-likeness (QED) is 0.744. The minimum absolute atomic E-state index is 0.461. The highest BCUT2D eigenvalue weighted by Crippen LogP contribution is 2.32. The monoisotopic (exact) mass is 348 g/mol. The van der Waals surface area contributed by atoms with Crippen LogP contribution in [0, 0.1) is 0 Å². The summed E-state index contributed by atoms with van der Waals surface area (Å²) in [4.78, 5) is 4.95. The molecule has 0 aliphatic carbocycles. The van der Waals surface area contributed by atoms with E-state index in [9.17, 15) is 13.2 Å². The maximum atomic E-state index is 12.3. The zero-order chi connectivity index (χ0) is 16.0. The summed E-state index contributed by atoms with van der Waals surface area (Å²) >= 11 is 2.27. The van der Waals surface area contributed by atoms with E-state index in [1.165, 1.54) is 11.3 Å². The molecule has 0 bridgehead atoms. The summed E-state index contributed by atoms with van der Waals surface area (Å²) in [7, 11) is 1.60. The van der Waals surface area contributed by atoms with Gasteiger partial charge in [-0.15, -0.1) is 23.1 Å². The molecule has 120 valence electrons. The summed E-state index contributed by atoms with van der Waals surface area (Å²) in [6.07, 6.45) is -4.18. The number of hydrogen-bond donors (Lipinski definition) is 1. The zero-order valence-corrected chi connectivity index (χ0v) is 13.4. The van der Waals surface area contributed by atoms with E-state index in [1.54, 1.807) is 31.4 Å². The Kier molecular flexibility index (Phi) is 6.10. The largest absolute Gasteiger partial charge is 0.398 e. The molecular weight excluding hydrogens is 333 g/mol. The molecule has 1 aromatic carbocycles. The number of alkyl halides is 3. The van der Waals surface area contributed by atoms with Crippen LogP contribution in [-0.2, 0) is 17.9 Å². The number of nitrogens with one attached hydrogen (secondary N) is 1. The Morgan fingerprint density at radius 2 is 2.09 bits per heavy atom. The molecule has 3 nitrogen and oxygen atoms in total. The smallest absolute Gasteiger partial charge is 0.378 e. The third-order valence-corrected chi connectivity index (χ3v) is 4.62. The lowest BCUT2D eigenvalue weighted by Gasteiger charge is -2.12. The number of benzene rings is 1. The Morgan fingerprint density at radius 1 is 1.32 bits per heavy atom. The second-order valence-electron chi connectivity index (χ2n) is 4.42. The van der Waals surface area contributed by atoms with Crippen LogP contribution in [0.2, 0.25) is 0 Å². The number of thioether (sulfide) groups is 1. The molecule has 2 aromatic rings. The molecule has 8 heteroatoms. The molecule has 1 heterocycles. The van der Waals surface area contributed by atoms with Crippen LogP contribution >= 0.6 is 23.1 Å². The van der Waals surface area contributed by atoms with Crippen LogP contribution in [0.5, 0.6) is 0 Å². The van der Waals surface area contributed by atoms with E-state index >= 15 is 0 Å². The van der Waals surface area contributed by atoms with Gasteiger partial charge < -0.3 is 10.1 Å². The van der Waals surface area contributed by atoms with Gasteiger partial charge in [0.1, 0.15) is 5.01 Å². The number of thiazole rings is 1. The number of ether oxygens (including phenoxy) is 1. The van der Waals surface area contributed by atoms with Gasteiger partial charge in [-0.05, 0) is 12.1 Å². The van der Waals surface area contributed by atoms with Gasteiger partial charge in [-0.3, -0.25) is 0 Å². The summed E-state index contributed by atoms with van der Waals surface area (Å²) in [6, 6.07) is 6.96. The molecule has 0 saturated heterocycles. The van der Waals surface area contributed by atoms with Crippen molar-refractivity contribution in [3.63, 3.8) is 0 Å². The number of halogens is 3. The summed E-state index contributed by atoms with van der Waals surface area (Å²) in [5.74, 6) is -0.902. The van der Waals surface area contributed by atoms with E-state index in [0.29, 0.717) is 23.7 Å². The van der Waals surface area contributed by atoms with Gasteiger partial charge in [-0.25, -0.2) is 4.98 Å². The van der Waals surface area contributed by atoms with Crippen molar-refractivity contribution in [2.75, 3.05) is 18.2 Å². The van der Waals surface area contributed by atoms with Gasteiger partial charge in [0.05, 0.1) is 24.6 Å². The maximum Gasteiger partial charge on any atom is 0.398 e. The number of aromatic nitrogens is 1. The predicted molar refractivity (Wildman–Crippen MR) is 83.4 cm³/mol. The molecule has 0 atom stereocenters. The first-order valence-electron chi connectivity index (χ1n) is 6.42. The molecule has 0 amide bonds. The molecule has 0 aliphatic rings. The van der Waals surface area contributed by atoms with Crippen LogP contribution in [0.1, 0.15) is 10.7 Å². The normalized spacial score (nSPS) is 11.6. The van der Waals surface area contributed by atoms with Crippen molar-refractivity contribution >= 4 is 28.8 Å². The van der Waals surface area contributed by atoms with E-state index in [0.717, 1.165) is 22.5 Å². The topological polar surface area (TPSA) is 34.1 Å². The van der Waals surface area contributed by atoms with E-state index < -0.39 is 11.9 Å². The van der Waals surface area contributed by atoms with Gasteiger partial charge in [0.2, 0.25) is 0 Å². The lowest BCUT2D eigenvalue weighted by molar-refractivity contribution is -0.105. The van der Waals surface area contributed by atoms with Crippen molar-refractivity contribution in [3.05, 3.63) is 40.3 Å². The van der Waals surface area contributed by atoms with E-state index in [1.807, 2.05) is 5.38 Å². The highest BCUT2D eigenvalue weighted by molar-refractivity contribution is 7.99. The predicted octanol–water partition coefficient (Wildman–Crippen LogP) is 4.56. The number of methoxy groups -OCH3 is 1. The maximum absolute atomic E-state index is 12.3. The molecule has 1 N–H and O–H groups in total. The second-order valence-corrected chi connectivity index (χ2v) is 6.38. The Morgan fingerprint density at radius 3 is 2.82 bits per heavy atom. The highest BCUT2D eigenvalue weighted by Gasteiger charge is 2.27. The molecule has 0 fully saturated rings. The number of rotatable bonds is 7. The fourth-order valence-electron chi connectivity index (χ4n) is 1.70. The van der Waals surface area contributed by atoms with Crippen LogP contribution in [0.15, 0.2) is 34.5 Å². The molecule has 2 rings (SSSR count). The first-order chi connectivity index (χ1) is 10.5. The van der Waals surface area contributed by atoms with Crippen molar-refractivity contribution in [1.29, 1.82) is 0 Å². The molecule has 0 radical (unpaired) electrons. The third-order valence-electron chi connectivity index (χ3n) is 2.61. The number of hydrogen-bond acceptors (Lipinski definition) is 5. The standard InChI is InChI=1S/C14H15F3N2OS2/c1-20-7-13-19-10(8-21-13)6-18-11-4-2-3-5-12(11)22-9-14(15,16)17/h2-5,8,18H,6-7,9H2,1H3. The molecule has 0 spiro atoms. The van der Waals surface area contributed by atoms with Gasteiger partial charge >= 0.3 is 6.18 Å². The minimum Gasteiger partial charge on any atom is -0.378 e. The van der Waals surface area contributed by atoms with Gasteiger partial charge in [0, 0.05) is 23.1 Å². The average Bonchev–Trinajstić information content (AvgIpc) is 2.91. The number of nitrogens with zero attached hydrogens (tertiary/aromatic N) is 1. The number of anilines is 1. The van der Waals surface area contributed by atoms with Crippen molar-refractivity contribution in [3.8, 4) is 0 Å². The molecule has 1 aromatic heterocycles. The van der Waals surface area contributed by atoms with Crippen molar-refractivity contribution in [2.45, 2.75) is 24.2 Å². The number of para-hydroxylation sites is 1. The Hall–Kier alpha value is -1.25. The zero-order valence-electron chi connectivity index (χ0n) is 11.8.